The Bertz CT molecular complexity index is 225. The molecule has 4 nitrogen and oxygen atoms in total. The molecule has 0 radical (unpaired) electrons. The van der Waals surface area contributed by atoms with Crippen molar-refractivity contribution in [3.8, 4) is 0 Å². The first kappa shape index (κ1) is 18.7. The van der Waals surface area contributed by atoms with Crippen molar-refractivity contribution >= 4 is 17.7 Å². The van der Waals surface area contributed by atoms with Crippen LogP contribution < -0.4 is 5.32 Å². The maximum atomic E-state index is 11.4. The molecular formula is C14H29NO3S. The molecule has 0 fully saturated rings. The monoisotopic (exact) mass is 291 g/mol. The van der Waals surface area contributed by atoms with E-state index < -0.39 is 0 Å². The van der Waals surface area contributed by atoms with Gasteiger partial charge in [-0.3, -0.25) is 4.79 Å². The Hall–Kier alpha value is -0.260. The van der Waals surface area contributed by atoms with Crippen LogP contribution in [0.4, 0.5) is 0 Å². The molecule has 0 saturated heterocycles. The highest BCUT2D eigenvalue weighted by Crippen LogP contribution is 2.07. The minimum absolute atomic E-state index is 0.0850. The summed E-state index contributed by atoms with van der Waals surface area (Å²) in [6.45, 7) is 11.4. The van der Waals surface area contributed by atoms with E-state index in [1.54, 1.807) is 0 Å². The van der Waals surface area contributed by atoms with Gasteiger partial charge in [0.1, 0.15) is 0 Å². The van der Waals surface area contributed by atoms with Crippen molar-refractivity contribution in [1.29, 1.82) is 0 Å². The maximum absolute atomic E-state index is 11.4. The summed E-state index contributed by atoms with van der Waals surface area (Å²) in [4.78, 5) is 11.4. The molecule has 1 amide bonds. The van der Waals surface area contributed by atoms with E-state index in [1.165, 1.54) is 0 Å². The Kier molecular flexibility index (Phi) is 12.6. The largest absolute Gasteiger partial charge is 0.378 e. The lowest BCUT2D eigenvalue weighted by Crippen LogP contribution is -2.31. The van der Waals surface area contributed by atoms with Crippen LogP contribution in [0.15, 0.2) is 0 Å². The molecule has 0 heterocycles. The molecule has 0 aromatic carbocycles. The van der Waals surface area contributed by atoms with Crippen LogP contribution >= 0.6 is 11.8 Å². The van der Waals surface area contributed by atoms with Crippen LogP contribution in [0.2, 0.25) is 0 Å². The standard InChI is InChI=1S/C14H29NO3S/c1-5-13(4)14(16)15-6-7-17-8-9-18-10-11-19-12(2)3/h12-13H,5-11H2,1-4H3,(H,15,16). The Morgan fingerprint density at radius 2 is 1.74 bits per heavy atom. The molecule has 1 unspecified atom stereocenters. The molecule has 1 N–H and O–H groups in total. The van der Waals surface area contributed by atoms with Gasteiger partial charge in [0.15, 0.2) is 0 Å². The molecule has 0 bridgehead atoms. The van der Waals surface area contributed by atoms with Gasteiger partial charge in [0.05, 0.1) is 26.4 Å². The predicted octanol–water partition coefficient (Wildman–Crippen LogP) is 2.32. The summed E-state index contributed by atoms with van der Waals surface area (Å²) >= 11 is 1.90. The molecule has 114 valence electrons. The number of carbonyl (C=O) groups is 1. The van der Waals surface area contributed by atoms with Crippen LogP contribution in [0.5, 0.6) is 0 Å². The molecule has 0 aliphatic heterocycles. The van der Waals surface area contributed by atoms with E-state index in [4.69, 9.17) is 9.47 Å². The van der Waals surface area contributed by atoms with Crippen LogP contribution in [-0.4, -0.2) is 49.9 Å². The fourth-order valence-electron chi connectivity index (χ4n) is 1.27. The van der Waals surface area contributed by atoms with Crippen molar-refractivity contribution in [3.05, 3.63) is 0 Å². The first-order valence-electron chi connectivity index (χ1n) is 7.12. The Morgan fingerprint density at radius 3 is 2.32 bits per heavy atom. The van der Waals surface area contributed by atoms with E-state index in [1.807, 2.05) is 25.6 Å². The SMILES string of the molecule is CCC(C)C(=O)NCCOCCOCCSC(C)C. The molecule has 0 saturated carbocycles. The molecule has 19 heavy (non-hydrogen) atoms. The summed E-state index contributed by atoms with van der Waals surface area (Å²) in [6.07, 6.45) is 0.870. The topological polar surface area (TPSA) is 47.6 Å². The summed E-state index contributed by atoms with van der Waals surface area (Å²) in [5.41, 5.74) is 0. The van der Waals surface area contributed by atoms with Gasteiger partial charge in [0.25, 0.3) is 0 Å². The number of carbonyl (C=O) groups excluding carboxylic acids is 1. The Balaban J connectivity index is 3.17. The van der Waals surface area contributed by atoms with Crippen LogP contribution in [-0.2, 0) is 14.3 Å². The second-order valence-corrected chi connectivity index (χ2v) is 6.43. The molecule has 0 aliphatic rings. The first-order valence-corrected chi connectivity index (χ1v) is 8.17. The zero-order chi connectivity index (χ0) is 14.5. The third-order valence-corrected chi connectivity index (χ3v) is 3.73. The quantitative estimate of drug-likeness (QED) is 0.561. The predicted molar refractivity (Wildman–Crippen MR) is 81.7 cm³/mol. The van der Waals surface area contributed by atoms with Gasteiger partial charge in [-0.2, -0.15) is 11.8 Å². The number of nitrogens with one attached hydrogen (secondary N) is 1. The van der Waals surface area contributed by atoms with Crippen LogP contribution in [0.25, 0.3) is 0 Å². The van der Waals surface area contributed by atoms with E-state index in [9.17, 15) is 4.79 Å². The number of ether oxygens (including phenoxy) is 2. The van der Waals surface area contributed by atoms with Gasteiger partial charge in [0.2, 0.25) is 5.91 Å². The normalized spacial score (nSPS) is 12.7. The molecule has 0 rings (SSSR count). The second-order valence-electron chi connectivity index (χ2n) is 4.74. The van der Waals surface area contributed by atoms with E-state index in [2.05, 4.69) is 19.2 Å². The van der Waals surface area contributed by atoms with E-state index >= 15 is 0 Å². The van der Waals surface area contributed by atoms with Crippen LogP contribution in [0.1, 0.15) is 34.1 Å². The van der Waals surface area contributed by atoms with Gasteiger partial charge >= 0.3 is 0 Å². The number of rotatable bonds is 12. The zero-order valence-electron chi connectivity index (χ0n) is 12.7. The van der Waals surface area contributed by atoms with Crippen molar-refractivity contribution in [1.82, 2.24) is 5.32 Å². The first-order chi connectivity index (χ1) is 9.07. The lowest BCUT2D eigenvalue weighted by molar-refractivity contribution is -0.124. The number of thioether (sulfide) groups is 1. The third kappa shape index (κ3) is 12.5. The lowest BCUT2D eigenvalue weighted by Gasteiger charge is -2.10. The van der Waals surface area contributed by atoms with Crippen molar-refractivity contribution in [2.45, 2.75) is 39.4 Å². The fourth-order valence-corrected chi connectivity index (χ4v) is 1.96. The van der Waals surface area contributed by atoms with Gasteiger partial charge < -0.3 is 14.8 Å². The maximum Gasteiger partial charge on any atom is 0.222 e. The van der Waals surface area contributed by atoms with Crippen LogP contribution in [0.3, 0.4) is 0 Å². The smallest absolute Gasteiger partial charge is 0.222 e. The summed E-state index contributed by atoms with van der Waals surface area (Å²) in [6, 6.07) is 0. The van der Waals surface area contributed by atoms with E-state index in [0.717, 1.165) is 18.8 Å². The van der Waals surface area contributed by atoms with E-state index in [0.29, 0.717) is 31.6 Å². The molecular weight excluding hydrogens is 262 g/mol. The Labute approximate surface area is 122 Å². The third-order valence-electron chi connectivity index (χ3n) is 2.66. The molecule has 5 heteroatoms. The highest BCUT2D eigenvalue weighted by molar-refractivity contribution is 7.99. The van der Waals surface area contributed by atoms with Crippen molar-refractivity contribution in [2.75, 3.05) is 38.7 Å². The van der Waals surface area contributed by atoms with Gasteiger partial charge in [-0.05, 0) is 11.7 Å². The molecule has 0 aromatic heterocycles. The number of hydrogen-bond donors (Lipinski definition) is 1. The van der Waals surface area contributed by atoms with Gasteiger partial charge in [-0.1, -0.05) is 27.7 Å². The Morgan fingerprint density at radius 1 is 1.11 bits per heavy atom. The summed E-state index contributed by atoms with van der Waals surface area (Å²) in [5, 5.41) is 3.51. The van der Waals surface area contributed by atoms with Gasteiger partial charge in [-0.25, -0.2) is 0 Å². The molecule has 0 aromatic rings. The molecule has 0 aliphatic carbocycles. The average molecular weight is 291 g/mol. The van der Waals surface area contributed by atoms with Gasteiger partial charge in [-0.15, -0.1) is 0 Å². The van der Waals surface area contributed by atoms with E-state index in [-0.39, 0.29) is 11.8 Å². The minimum Gasteiger partial charge on any atom is -0.378 e. The number of hydrogen-bond acceptors (Lipinski definition) is 4. The van der Waals surface area contributed by atoms with Crippen molar-refractivity contribution in [2.24, 2.45) is 5.92 Å². The number of amides is 1. The highest BCUT2D eigenvalue weighted by atomic mass is 32.2. The molecule has 1 atom stereocenters. The lowest BCUT2D eigenvalue weighted by atomic mass is 10.1. The second kappa shape index (κ2) is 12.8. The summed E-state index contributed by atoms with van der Waals surface area (Å²) in [5.74, 6) is 1.22. The zero-order valence-corrected chi connectivity index (χ0v) is 13.6. The average Bonchev–Trinajstić information content (AvgIpc) is 2.39. The summed E-state index contributed by atoms with van der Waals surface area (Å²) < 4.78 is 10.8. The fraction of sp³-hybridized carbons (Fsp3) is 0.929. The summed E-state index contributed by atoms with van der Waals surface area (Å²) in [7, 11) is 0. The van der Waals surface area contributed by atoms with Crippen LogP contribution in [0, 0.1) is 5.92 Å². The highest BCUT2D eigenvalue weighted by Gasteiger charge is 2.08. The van der Waals surface area contributed by atoms with Crippen molar-refractivity contribution < 1.29 is 14.3 Å². The van der Waals surface area contributed by atoms with Crippen molar-refractivity contribution in [3.63, 3.8) is 0 Å². The minimum atomic E-state index is 0.0850. The van der Waals surface area contributed by atoms with Gasteiger partial charge in [0, 0.05) is 18.2 Å². The molecule has 0 spiro atoms.